The van der Waals surface area contributed by atoms with Crippen molar-refractivity contribution in [1.29, 1.82) is 0 Å². The van der Waals surface area contributed by atoms with Crippen LogP contribution in [0.1, 0.15) is 21.5 Å². The van der Waals surface area contributed by atoms with E-state index in [0.29, 0.717) is 11.1 Å². The third-order valence-corrected chi connectivity index (χ3v) is 3.03. The molecule has 0 heterocycles. The molecule has 20 heavy (non-hydrogen) atoms. The lowest BCUT2D eigenvalue weighted by Crippen LogP contribution is -2.09. The van der Waals surface area contributed by atoms with Crippen molar-refractivity contribution in [2.75, 3.05) is 14.1 Å². The second-order valence-electron chi connectivity index (χ2n) is 5.07. The van der Waals surface area contributed by atoms with Gasteiger partial charge in [-0.25, -0.2) is 0 Å². The van der Waals surface area contributed by atoms with Crippen molar-refractivity contribution in [2.24, 2.45) is 0 Å². The number of aryl methyl sites for hydroxylation is 1. The zero-order valence-corrected chi connectivity index (χ0v) is 12.1. The molecule has 0 N–H and O–H groups in total. The standard InChI is InChI=1S/C18H19NO/c1-14-9-11-16(12-10-14)18(20)17(13-19(2)3)15-7-5-4-6-8-15/h4-13H,1-3H3/b17-13-. The van der Waals surface area contributed by atoms with Crippen molar-refractivity contribution in [3.63, 3.8) is 0 Å². The van der Waals surface area contributed by atoms with E-state index in [1.807, 2.05) is 86.7 Å². The van der Waals surface area contributed by atoms with Gasteiger partial charge in [0.1, 0.15) is 0 Å². The van der Waals surface area contributed by atoms with Crippen LogP contribution in [0.15, 0.2) is 60.8 Å². The number of Topliss-reactive ketones (excluding diaryl/α,β-unsaturated/α-hetero) is 1. The minimum absolute atomic E-state index is 0.0462. The molecule has 0 aliphatic carbocycles. The molecule has 2 heteroatoms. The van der Waals surface area contributed by atoms with E-state index in [-0.39, 0.29) is 5.78 Å². The Hall–Kier alpha value is -2.35. The molecule has 102 valence electrons. The minimum atomic E-state index is 0.0462. The molecule has 0 fully saturated rings. The van der Waals surface area contributed by atoms with Crippen LogP contribution in [0, 0.1) is 6.92 Å². The largest absolute Gasteiger partial charge is 0.383 e. The molecule has 0 radical (unpaired) electrons. The molecule has 0 aliphatic rings. The summed E-state index contributed by atoms with van der Waals surface area (Å²) in [6, 6.07) is 17.4. The van der Waals surface area contributed by atoms with E-state index in [9.17, 15) is 4.79 Å². The molecule has 0 amide bonds. The third kappa shape index (κ3) is 3.35. The monoisotopic (exact) mass is 265 g/mol. The summed E-state index contributed by atoms with van der Waals surface area (Å²) in [4.78, 5) is 14.6. The van der Waals surface area contributed by atoms with Crippen molar-refractivity contribution in [1.82, 2.24) is 4.90 Å². The van der Waals surface area contributed by atoms with E-state index in [2.05, 4.69) is 0 Å². The Balaban J connectivity index is 2.42. The van der Waals surface area contributed by atoms with Crippen molar-refractivity contribution < 1.29 is 4.79 Å². The summed E-state index contributed by atoms with van der Waals surface area (Å²) in [5.74, 6) is 0.0462. The number of ketones is 1. The number of carbonyl (C=O) groups excluding carboxylic acids is 1. The predicted molar refractivity (Wildman–Crippen MR) is 83.6 cm³/mol. The van der Waals surface area contributed by atoms with E-state index in [0.717, 1.165) is 11.1 Å². The van der Waals surface area contributed by atoms with Crippen molar-refractivity contribution in [3.05, 3.63) is 77.5 Å². The van der Waals surface area contributed by atoms with Crippen LogP contribution >= 0.6 is 0 Å². The molecule has 0 unspecified atom stereocenters. The maximum atomic E-state index is 12.7. The number of hydrogen-bond acceptors (Lipinski definition) is 2. The molecule has 0 aliphatic heterocycles. The lowest BCUT2D eigenvalue weighted by molar-refractivity contribution is 0.105. The minimum Gasteiger partial charge on any atom is -0.383 e. The molecule has 0 aromatic heterocycles. The summed E-state index contributed by atoms with van der Waals surface area (Å²) < 4.78 is 0. The van der Waals surface area contributed by atoms with Gasteiger partial charge < -0.3 is 4.90 Å². The SMILES string of the molecule is Cc1ccc(C(=O)/C(=C\N(C)C)c2ccccc2)cc1. The van der Waals surface area contributed by atoms with Crippen LogP contribution in [0.2, 0.25) is 0 Å². The second-order valence-corrected chi connectivity index (χ2v) is 5.07. The van der Waals surface area contributed by atoms with E-state index in [1.54, 1.807) is 0 Å². The molecule has 2 aromatic carbocycles. The van der Waals surface area contributed by atoms with Gasteiger partial charge in [0.05, 0.1) is 0 Å². The topological polar surface area (TPSA) is 20.3 Å². The molecule has 0 spiro atoms. The Kier molecular flexibility index (Phi) is 4.36. The molecule has 0 bridgehead atoms. The number of hydrogen-bond donors (Lipinski definition) is 0. The summed E-state index contributed by atoms with van der Waals surface area (Å²) in [5, 5.41) is 0. The van der Waals surface area contributed by atoms with Crippen LogP contribution < -0.4 is 0 Å². The van der Waals surface area contributed by atoms with Crippen LogP contribution in [0.25, 0.3) is 5.57 Å². The Labute approximate surface area is 120 Å². The van der Waals surface area contributed by atoms with E-state index in [4.69, 9.17) is 0 Å². The second kappa shape index (κ2) is 6.20. The molecule has 2 rings (SSSR count). The van der Waals surface area contributed by atoms with Crippen LogP contribution in [0.3, 0.4) is 0 Å². The summed E-state index contributed by atoms with van der Waals surface area (Å²) in [6.07, 6.45) is 1.87. The van der Waals surface area contributed by atoms with Gasteiger partial charge in [-0.05, 0) is 12.5 Å². The van der Waals surface area contributed by atoms with Crippen LogP contribution in [0.4, 0.5) is 0 Å². The Morgan fingerprint density at radius 2 is 1.50 bits per heavy atom. The predicted octanol–water partition coefficient (Wildman–Crippen LogP) is 3.78. The van der Waals surface area contributed by atoms with Crippen LogP contribution in [-0.4, -0.2) is 24.8 Å². The molecule has 0 saturated heterocycles. The molecular formula is C18H19NO. The summed E-state index contributed by atoms with van der Waals surface area (Å²) in [5.41, 5.74) is 3.51. The number of carbonyl (C=O) groups is 1. The van der Waals surface area contributed by atoms with Crippen molar-refractivity contribution in [2.45, 2.75) is 6.92 Å². The van der Waals surface area contributed by atoms with Crippen LogP contribution in [-0.2, 0) is 0 Å². The first-order chi connectivity index (χ1) is 9.58. The first kappa shape index (κ1) is 14.1. The molecule has 0 atom stereocenters. The molecular weight excluding hydrogens is 246 g/mol. The summed E-state index contributed by atoms with van der Waals surface area (Å²) in [6.45, 7) is 2.02. The number of benzene rings is 2. The van der Waals surface area contributed by atoms with Crippen molar-refractivity contribution in [3.8, 4) is 0 Å². The fourth-order valence-electron chi connectivity index (χ4n) is 2.00. The molecule has 0 saturated carbocycles. The normalized spacial score (nSPS) is 11.2. The highest BCUT2D eigenvalue weighted by molar-refractivity contribution is 6.28. The zero-order valence-electron chi connectivity index (χ0n) is 12.1. The maximum Gasteiger partial charge on any atom is 0.195 e. The number of rotatable bonds is 4. The van der Waals surface area contributed by atoms with Gasteiger partial charge >= 0.3 is 0 Å². The van der Waals surface area contributed by atoms with Gasteiger partial charge in [0, 0.05) is 31.4 Å². The Bertz CT molecular complexity index is 610. The maximum absolute atomic E-state index is 12.7. The highest BCUT2D eigenvalue weighted by Crippen LogP contribution is 2.20. The van der Waals surface area contributed by atoms with Gasteiger partial charge in [-0.1, -0.05) is 60.2 Å². The molecule has 2 aromatic rings. The average molecular weight is 265 g/mol. The highest BCUT2D eigenvalue weighted by Gasteiger charge is 2.14. The number of allylic oxidation sites excluding steroid dienone is 1. The van der Waals surface area contributed by atoms with Gasteiger partial charge in [-0.3, -0.25) is 4.79 Å². The third-order valence-electron chi connectivity index (χ3n) is 3.03. The van der Waals surface area contributed by atoms with Gasteiger partial charge in [0.15, 0.2) is 5.78 Å². The first-order valence-electron chi connectivity index (χ1n) is 6.63. The van der Waals surface area contributed by atoms with Gasteiger partial charge in [0.2, 0.25) is 0 Å². The number of nitrogens with zero attached hydrogens (tertiary/aromatic N) is 1. The van der Waals surface area contributed by atoms with E-state index in [1.165, 1.54) is 0 Å². The highest BCUT2D eigenvalue weighted by atomic mass is 16.1. The molecule has 2 nitrogen and oxygen atoms in total. The fourth-order valence-corrected chi connectivity index (χ4v) is 2.00. The zero-order chi connectivity index (χ0) is 14.5. The Morgan fingerprint density at radius 1 is 0.900 bits per heavy atom. The first-order valence-corrected chi connectivity index (χ1v) is 6.63. The summed E-state index contributed by atoms with van der Waals surface area (Å²) >= 11 is 0. The lowest BCUT2D eigenvalue weighted by atomic mass is 9.97. The average Bonchev–Trinajstić information content (AvgIpc) is 2.45. The Morgan fingerprint density at radius 3 is 2.05 bits per heavy atom. The van der Waals surface area contributed by atoms with Gasteiger partial charge in [-0.2, -0.15) is 0 Å². The summed E-state index contributed by atoms with van der Waals surface area (Å²) in [7, 11) is 3.84. The van der Waals surface area contributed by atoms with Crippen LogP contribution in [0.5, 0.6) is 0 Å². The van der Waals surface area contributed by atoms with Gasteiger partial charge in [-0.15, -0.1) is 0 Å². The lowest BCUT2D eigenvalue weighted by Gasteiger charge is -2.12. The smallest absolute Gasteiger partial charge is 0.195 e. The van der Waals surface area contributed by atoms with Crippen molar-refractivity contribution >= 4 is 11.4 Å². The van der Waals surface area contributed by atoms with E-state index >= 15 is 0 Å². The van der Waals surface area contributed by atoms with E-state index < -0.39 is 0 Å². The quantitative estimate of drug-likeness (QED) is 0.619. The van der Waals surface area contributed by atoms with Gasteiger partial charge in [0.25, 0.3) is 0 Å². The fraction of sp³-hybridized carbons (Fsp3) is 0.167.